The maximum absolute atomic E-state index is 13.4. The Kier molecular flexibility index (Phi) is 7.40. The van der Waals surface area contributed by atoms with E-state index in [0.717, 1.165) is 29.1 Å². The van der Waals surface area contributed by atoms with Crippen LogP contribution in [0.1, 0.15) is 16.8 Å². The molecule has 216 valence electrons. The number of alkyl carbamates (subject to hydrolysis) is 1. The van der Waals surface area contributed by atoms with E-state index in [-0.39, 0.29) is 39.6 Å². The second-order valence-corrected chi connectivity index (χ2v) is 11.3. The van der Waals surface area contributed by atoms with Crippen LogP contribution in [-0.2, 0) is 22.9 Å². The summed E-state index contributed by atoms with van der Waals surface area (Å²) >= 11 is 0.785. The van der Waals surface area contributed by atoms with Gasteiger partial charge in [0.25, 0.3) is 0 Å². The third-order valence-electron chi connectivity index (χ3n) is 7.90. The third kappa shape index (κ3) is 5.46. The number of carbonyl (C=O) groups excluding carboxylic acids is 1. The fourth-order valence-electron chi connectivity index (χ4n) is 5.86. The number of rotatable bonds is 8. The average Bonchev–Trinajstić information content (AvgIpc) is 3.35. The monoisotopic (exact) mass is 592 g/mol. The molecule has 3 atom stereocenters. The molecule has 1 aliphatic carbocycles. The molecule has 1 amide bonds. The Morgan fingerprint density at radius 2 is 1.71 bits per heavy atom. The van der Waals surface area contributed by atoms with Gasteiger partial charge in [0.1, 0.15) is 17.5 Å². The maximum atomic E-state index is 13.4. The normalized spacial score (nSPS) is 21.1. The molecule has 1 unspecified atom stereocenters. The first-order valence-corrected chi connectivity index (χ1v) is 14.1. The zero-order valence-corrected chi connectivity index (χ0v) is 23.1. The number of pyridine rings is 1. The van der Waals surface area contributed by atoms with Gasteiger partial charge in [-0.25, -0.2) is 14.8 Å². The minimum absolute atomic E-state index is 0.0483. The number of nitrogens with two attached hydrogens (primary N) is 1. The van der Waals surface area contributed by atoms with E-state index in [0.29, 0.717) is 25.5 Å². The SMILES string of the molecule is Nc1nc(N2C[C@@H]3[C@H](C2)C3(CNC(=O)OCc2ccccc2)c2ccccc2)cnc1Sc1cccnc1C(F)(F)F. The van der Waals surface area contributed by atoms with Crippen LogP contribution < -0.4 is 16.0 Å². The quantitative estimate of drug-likeness (QED) is 0.274. The number of carbonyl (C=O) groups is 1. The summed E-state index contributed by atoms with van der Waals surface area (Å²) in [5, 5.41) is 3.16. The highest BCUT2D eigenvalue weighted by Crippen LogP contribution is 2.63. The van der Waals surface area contributed by atoms with Gasteiger partial charge in [0.15, 0.2) is 11.5 Å². The van der Waals surface area contributed by atoms with Crippen molar-refractivity contribution in [2.24, 2.45) is 11.8 Å². The topological polar surface area (TPSA) is 106 Å². The summed E-state index contributed by atoms with van der Waals surface area (Å²) in [6.07, 6.45) is -2.43. The van der Waals surface area contributed by atoms with E-state index in [1.54, 1.807) is 0 Å². The Morgan fingerprint density at radius 3 is 2.38 bits per heavy atom. The molecule has 1 saturated carbocycles. The number of nitrogens with one attached hydrogen (secondary N) is 1. The van der Waals surface area contributed by atoms with Crippen LogP contribution in [0.4, 0.5) is 29.6 Å². The van der Waals surface area contributed by atoms with Crippen LogP contribution in [-0.4, -0.2) is 40.7 Å². The number of anilines is 2. The van der Waals surface area contributed by atoms with Gasteiger partial charge >= 0.3 is 12.3 Å². The van der Waals surface area contributed by atoms with Crippen LogP contribution in [0, 0.1) is 11.8 Å². The number of nitrogens with zero attached hydrogens (tertiary/aromatic N) is 4. The van der Waals surface area contributed by atoms with Gasteiger partial charge in [0, 0.05) is 36.1 Å². The van der Waals surface area contributed by atoms with E-state index in [9.17, 15) is 18.0 Å². The Hall–Kier alpha value is -4.32. The molecule has 3 heterocycles. The van der Waals surface area contributed by atoms with Crippen LogP contribution in [0.25, 0.3) is 0 Å². The standard InChI is InChI=1S/C30H27F3N6O2S/c31-30(32,33)25-23(12-7-13-35-25)42-27-26(34)38-24(14-36-27)39-15-21-22(16-39)29(21,20-10-5-2-6-11-20)18-37-28(40)41-17-19-8-3-1-4-9-19/h1-14,21-22H,15-18H2,(H2,34,38)(H,37,40)/t21-,22+,29?. The summed E-state index contributed by atoms with van der Waals surface area (Å²) in [5.74, 6) is 1.10. The summed E-state index contributed by atoms with van der Waals surface area (Å²) in [4.78, 5) is 26.8. The first-order valence-electron chi connectivity index (χ1n) is 13.3. The molecule has 1 saturated heterocycles. The van der Waals surface area contributed by atoms with Crippen molar-refractivity contribution in [3.63, 3.8) is 0 Å². The fourth-order valence-corrected chi connectivity index (χ4v) is 6.73. The number of alkyl halides is 3. The maximum Gasteiger partial charge on any atom is 0.434 e. The Labute approximate surface area is 244 Å². The molecular weight excluding hydrogens is 565 g/mol. The van der Waals surface area contributed by atoms with Gasteiger partial charge in [0.2, 0.25) is 0 Å². The number of nitrogen functional groups attached to an aromatic ring is 1. The number of fused-ring (bicyclic) bond motifs is 1. The van der Waals surface area contributed by atoms with Crippen molar-refractivity contribution in [1.29, 1.82) is 0 Å². The van der Waals surface area contributed by atoms with Gasteiger partial charge in [-0.3, -0.25) is 4.98 Å². The lowest BCUT2D eigenvalue weighted by molar-refractivity contribution is -0.143. The summed E-state index contributed by atoms with van der Waals surface area (Å²) in [6.45, 7) is 1.96. The zero-order chi connectivity index (χ0) is 29.3. The summed E-state index contributed by atoms with van der Waals surface area (Å²) in [7, 11) is 0. The molecule has 0 radical (unpaired) electrons. The van der Waals surface area contributed by atoms with Crippen molar-refractivity contribution in [3.8, 4) is 0 Å². The largest absolute Gasteiger partial charge is 0.445 e. The lowest BCUT2D eigenvalue weighted by Crippen LogP contribution is -2.39. The predicted octanol–water partition coefficient (Wildman–Crippen LogP) is 5.55. The summed E-state index contributed by atoms with van der Waals surface area (Å²) in [5.41, 5.74) is 6.98. The van der Waals surface area contributed by atoms with E-state index in [4.69, 9.17) is 10.5 Å². The molecule has 42 heavy (non-hydrogen) atoms. The van der Waals surface area contributed by atoms with Gasteiger partial charge in [0.05, 0.1) is 6.20 Å². The van der Waals surface area contributed by atoms with Crippen molar-refractivity contribution >= 4 is 29.5 Å². The minimum atomic E-state index is -4.60. The molecule has 2 fully saturated rings. The Morgan fingerprint density at radius 1 is 1.02 bits per heavy atom. The van der Waals surface area contributed by atoms with E-state index in [2.05, 4.69) is 37.3 Å². The lowest BCUT2D eigenvalue weighted by Gasteiger charge is -2.28. The number of benzene rings is 2. The number of piperidine rings is 1. The molecule has 3 N–H and O–H groups in total. The number of hydrogen-bond donors (Lipinski definition) is 2. The first-order chi connectivity index (χ1) is 20.3. The number of amides is 1. The molecule has 2 aromatic carbocycles. The summed E-state index contributed by atoms with van der Waals surface area (Å²) < 4.78 is 45.6. The predicted molar refractivity (Wildman–Crippen MR) is 152 cm³/mol. The van der Waals surface area contributed by atoms with Crippen LogP contribution in [0.15, 0.2) is 95.1 Å². The van der Waals surface area contributed by atoms with Gasteiger partial charge in [-0.2, -0.15) is 13.2 Å². The summed E-state index contributed by atoms with van der Waals surface area (Å²) in [6, 6.07) is 22.4. The highest BCUT2D eigenvalue weighted by Gasteiger charge is 2.68. The van der Waals surface area contributed by atoms with Crippen molar-refractivity contribution in [1.82, 2.24) is 20.3 Å². The van der Waals surface area contributed by atoms with E-state index >= 15 is 0 Å². The number of ether oxygens (including phenoxy) is 1. The van der Waals surface area contributed by atoms with Crippen molar-refractivity contribution in [2.45, 2.75) is 28.1 Å². The molecule has 2 aromatic heterocycles. The van der Waals surface area contributed by atoms with Crippen LogP contribution in [0.5, 0.6) is 0 Å². The first kappa shape index (κ1) is 27.8. The van der Waals surface area contributed by atoms with Crippen molar-refractivity contribution < 1.29 is 22.7 Å². The number of halogens is 3. The molecule has 8 nitrogen and oxygen atoms in total. The molecule has 0 spiro atoms. The lowest BCUT2D eigenvalue weighted by atomic mass is 9.90. The molecular formula is C30H27F3N6O2S. The Bertz CT molecular complexity index is 1560. The molecule has 12 heteroatoms. The van der Waals surface area contributed by atoms with Gasteiger partial charge in [-0.1, -0.05) is 72.4 Å². The van der Waals surface area contributed by atoms with Crippen molar-refractivity contribution in [3.05, 3.63) is 102 Å². The molecule has 6 rings (SSSR count). The van der Waals surface area contributed by atoms with Crippen LogP contribution in [0.2, 0.25) is 0 Å². The van der Waals surface area contributed by atoms with Crippen LogP contribution >= 0.6 is 11.8 Å². The highest BCUT2D eigenvalue weighted by atomic mass is 32.2. The molecule has 4 aromatic rings. The minimum Gasteiger partial charge on any atom is -0.445 e. The third-order valence-corrected chi connectivity index (χ3v) is 8.96. The van der Waals surface area contributed by atoms with Crippen LogP contribution in [0.3, 0.4) is 0 Å². The Balaban J connectivity index is 1.13. The van der Waals surface area contributed by atoms with E-state index in [1.807, 2.05) is 48.5 Å². The van der Waals surface area contributed by atoms with E-state index < -0.39 is 18.0 Å². The van der Waals surface area contributed by atoms with E-state index in [1.165, 1.54) is 18.3 Å². The highest BCUT2D eigenvalue weighted by molar-refractivity contribution is 7.99. The van der Waals surface area contributed by atoms with Gasteiger partial charge < -0.3 is 20.7 Å². The molecule has 2 aliphatic rings. The van der Waals surface area contributed by atoms with Gasteiger partial charge in [-0.15, -0.1) is 0 Å². The second kappa shape index (κ2) is 11.2. The van der Waals surface area contributed by atoms with Crippen molar-refractivity contribution in [2.75, 3.05) is 30.3 Å². The average molecular weight is 593 g/mol. The smallest absolute Gasteiger partial charge is 0.434 e. The fraction of sp³-hybridized carbons (Fsp3) is 0.267. The zero-order valence-electron chi connectivity index (χ0n) is 22.3. The molecule has 0 bridgehead atoms. The van der Waals surface area contributed by atoms with Gasteiger partial charge in [-0.05, 0) is 35.1 Å². The second-order valence-electron chi connectivity index (χ2n) is 10.3. The number of hydrogen-bond acceptors (Lipinski definition) is 8. The molecule has 1 aliphatic heterocycles. The number of aromatic nitrogens is 3.